The summed E-state index contributed by atoms with van der Waals surface area (Å²) in [5.74, 6) is -1.39. The molecule has 2 aromatic carbocycles. The van der Waals surface area contributed by atoms with E-state index in [2.05, 4.69) is 4.72 Å². The van der Waals surface area contributed by atoms with Crippen LogP contribution in [0.4, 0.5) is 0 Å². The normalized spacial score (nSPS) is 11.4. The second kappa shape index (κ2) is 6.66. The summed E-state index contributed by atoms with van der Waals surface area (Å²) in [4.78, 5) is 10.8. The number of halogens is 2. The molecule has 22 heavy (non-hydrogen) atoms. The molecule has 0 saturated carbocycles. The van der Waals surface area contributed by atoms with Crippen LogP contribution in [0.5, 0.6) is 0 Å². The molecular formula is C14H11Cl2NO4S. The first-order valence-electron chi connectivity index (χ1n) is 6.08. The lowest BCUT2D eigenvalue weighted by atomic mass is 10.2. The maximum atomic E-state index is 12.3. The van der Waals surface area contributed by atoms with E-state index in [-0.39, 0.29) is 16.5 Å². The third kappa shape index (κ3) is 3.59. The summed E-state index contributed by atoms with van der Waals surface area (Å²) in [7, 11) is -3.97. The molecule has 0 radical (unpaired) electrons. The largest absolute Gasteiger partial charge is 0.478 e. The van der Waals surface area contributed by atoms with Crippen LogP contribution in [-0.2, 0) is 16.6 Å². The van der Waals surface area contributed by atoms with Gasteiger partial charge in [-0.3, -0.25) is 0 Å². The van der Waals surface area contributed by atoms with Gasteiger partial charge in [-0.1, -0.05) is 53.5 Å². The highest BCUT2D eigenvalue weighted by atomic mass is 35.5. The van der Waals surface area contributed by atoms with Crippen LogP contribution >= 0.6 is 23.2 Å². The van der Waals surface area contributed by atoms with Crippen molar-refractivity contribution in [1.29, 1.82) is 0 Å². The van der Waals surface area contributed by atoms with Crippen LogP contribution in [0.2, 0.25) is 10.0 Å². The summed E-state index contributed by atoms with van der Waals surface area (Å²) < 4.78 is 26.9. The third-order valence-corrected chi connectivity index (χ3v) is 5.13. The zero-order valence-corrected chi connectivity index (χ0v) is 13.4. The van der Waals surface area contributed by atoms with E-state index in [1.54, 1.807) is 24.3 Å². The van der Waals surface area contributed by atoms with Crippen LogP contribution in [0.15, 0.2) is 47.4 Å². The van der Waals surface area contributed by atoms with E-state index in [0.717, 1.165) is 5.56 Å². The van der Waals surface area contributed by atoms with E-state index >= 15 is 0 Å². The number of hydrogen-bond acceptors (Lipinski definition) is 3. The van der Waals surface area contributed by atoms with Gasteiger partial charge in [0.25, 0.3) is 0 Å². The van der Waals surface area contributed by atoms with Gasteiger partial charge in [0.1, 0.15) is 4.90 Å². The van der Waals surface area contributed by atoms with Crippen LogP contribution in [0.3, 0.4) is 0 Å². The number of nitrogens with one attached hydrogen (secondary N) is 1. The second-order valence-electron chi connectivity index (χ2n) is 4.35. The molecule has 0 aliphatic carbocycles. The van der Waals surface area contributed by atoms with Crippen molar-refractivity contribution >= 4 is 39.2 Å². The molecule has 8 heteroatoms. The Balaban J connectivity index is 2.34. The molecule has 2 N–H and O–H groups in total. The Morgan fingerprint density at radius 1 is 1.09 bits per heavy atom. The second-order valence-corrected chi connectivity index (χ2v) is 6.87. The average Bonchev–Trinajstić information content (AvgIpc) is 2.46. The zero-order valence-electron chi connectivity index (χ0n) is 11.1. The molecule has 0 bridgehead atoms. The van der Waals surface area contributed by atoms with Gasteiger partial charge in [0.2, 0.25) is 10.0 Å². The Labute approximate surface area is 137 Å². The minimum atomic E-state index is -3.97. The van der Waals surface area contributed by atoms with Crippen molar-refractivity contribution in [2.45, 2.75) is 11.4 Å². The lowest BCUT2D eigenvalue weighted by Crippen LogP contribution is -2.24. The fourth-order valence-electron chi connectivity index (χ4n) is 1.79. The predicted molar refractivity (Wildman–Crippen MR) is 83.9 cm³/mol. The van der Waals surface area contributed by atoms with Gasteiger partial charge in [-0.05, 0) is 17.7 Å². The third-order valence-electron chi connectivity index (χ3n) is 2.87. The highest BCUT2D eigenvalue weighted by Gasteiger charge is 2.24. The van der Waals surface area contributed by atoms with Gasteiger partial charge in [0, 0.05) is 6.54 Å². The summed E-state index contributed by atoms with van der Waals surface area (Å²) >= 11 is 11.6. The smallest absolute Gasteiger partial charge is 0.338 e. The Hall–Kier alpha value is -1.60. The number of carboxylic acid groups (broad SMARTS) is 1. The number of benzene rings is 2. The maximum Gasteiger partial charge on any atom is 0.338 e. The summed E-state index contributed by atoms with van der Waals surface area (Å²) in [5, 5.41) is 8.52. The Kier molecular flexibility index (Phi) is 5.08. The van der Waals surface area contributed by atoms with Crippen LogP contribution in [0, 0.1) is 0 Å². The van der Waals surface area contributed by atoms with Crippen LogP contribution < -0.4 is 4.72 Å². The number of hydrogen-bond donors (Lipinski definition) is 2. The van der Waals surface area contributed by atoms with Gasteiger partial charge in [0.05, 0.1) is 15.6 Å². The highest BCUT2D eigenvalue weighted by molar-refractivity contribution is 7.89. The topological polar surface area (TPSA) is 83.5 Å². The molecule has 0 spiro atoms. The Morgan fingerprint density at radius 2 is 1.73 bits per heavy atom. The van der Waals surface area contributed by atoms with E-state index in [4.69, 9.17) is 28.3 Å². The Morgan fingerprint density at radius 3 is 2.32 bits per heavy atom. The zero-order chi connectivity index (χ0) is 16.3. The van der Waals surface area contributed by atoms with E-state index < -0.39 is 26.6 Å². The summed E-state index contributed by atoms with van der Waals surface area (Å²) in [6.07, 6.45) is 0. The van der Waals surface area contributed by atoms with Crippen molar-refractivity contribution < 1.29 is 18.3 Å². The predicted octanol–water partition coefficient (Wildman–Crippen LogP) is 3.17. The number of carbonyl (C=O) groups is 1. The molecule has 5 nitrogen and oxygen atoms in total. The van der Waals surface area contributed by atoms with E-state index in [0.29, 0.717) is 0 Å². The quantitative estimate of drug-likeness (QED) is 0.858. The van der Waals surface area contributed by atoms with Gasteiger partial charge in [-0.25, -0.2) is 17.9 Å². The van der Waals surface area contributed by atoms with Crippen molar-refractivity contribution in [2.75, 3.05) is 0 Å². The van der Waals surface area contributed by atoms with Crippen molar-refractivity contribution in [1.82, 2.24) is 4.72 Å². The van der Waals surface area contributed by atoms with Crippen LogP contribution in [0.25, 0.3) is 0 Å². The molecule has 2 aromatic rings. The van der Waals surface area contributed by atoms with Crippen molar-refractivity contribution in [3.63, 3.8) is 0 Å². The molecule has 0 aliphatic heterocycles. The van der Waals surface area contributed by atoms with Gasteiger partial charge in [-0.2, -0.15) is 0 Å². The van der Waals surface area contributed by atoms with Gasteiger partial charge in [-0.15, -0.1) is 0 Å². The van der Waals surface area contributed by atoms with Gasteiger partial charge >= 0.3 is 5.97 Å². The van der Waals surface area contributed by atoms with Crippen molar-refractivity contribution in [3.05, 3.63) is 63.6 Å². The molecule has 0 aromatic heterocycles. The SMILES string of the molecule is O=C(O)c1c(Cl)ccc(S(=O)(=O)NCc2ccccc2)c1Cl. The minimum absolute atomic E-state index is 0.0601. The molecule has 0 fully saturated rings. The molecular weight excluding hydrogens is 349 g/mol. The van der Waals surface area contributed by atoms with Crippen LogP contribution in [-0.4, -0.2) is 19.5 Å². The van der Waals surface area contributed by atoms with Gasteiger partial charge in [0.15, 0.2) is 0 Å². The van der Waals surface area contributed by atoms with Gasteiger partial charge < -0.3 is 5.11 Å². The molecule has 116 valence electrons. The summed E-state index contributed by atoms with van der Waals surface area (Å²) in [5.41, 5.74) is 0.320. The number of carboxylic acids is 1. The Bertz CT molecular complexity index is 807. The molecule has 0 saturated heterocycles. The first kappa shape index (κ1) is 16.8. The van der Waals surface area contributed by atoms with E-state index in [1.807, 2.05) is 6.07 Å². The van der Waals surface area contributed by atoms with Crippen molar-refractivity contribution in [3.8, 4) is 0 Å². The van der Waals surface area contributed by atoms with Crippen molar-refractivity contribution in [2.24, 2.45) is 0 Å². The molecule has 0 amide bonds. The lowest BCUT2D eigenvalue weighted by molar-refractivity contribution is 0.0697. The van der Waals surface area contributed by atoms with Crippen LogP contribution in [0.1, 0.15) is 15.9 Å². The fourth-order valence-corrected chi connectivity index (χ4v) is 3.72. The van der Waals surface area contributed by atoms with E-state index in [1.165, 1.54) is 12.1 Å². The minimum Gasteiger partial charge on any atom is -0.478 e. The summed E-state index contributed by atoms with van der Waals surface area (Å²) in [6, 6.07) is 11.2. The monoisotopic (exact) mass is 359 g/mol. The maximum absolute atomic E-state index is 12.3. The lowest BCUT2D eigenvalue weighted by Gasteiger charge is -2.11. The van der Waals surface area contributed by atoms with E-state index in [9.17, 15) is 13.2 Å². The molecule has 2 rings (SSSR count). The fraction of sp³-hybridized carbons (Fsp3) is 0.0714. The number of aromatic carboxylic acids is 1. The highest BCUT2D eigenvalue weighted by Crippen LogP contribution is 2.31. The first-order chi connectivity index (χ1) is 10.3. The standard InChI is InChI=1S/C14H11Cl2NO4S/c15-10-6-7-11(13(16)12(10)14(18)19)22(20,21)17-8-9-4-2-1-3-5-9/h1-7,17H,8H2,(H,18,19). The molecule has 0 aliphatic rings. The number of sulfonamides is 1. The average molecular weight is 360 g/mol. The summed E-state index contributed by atoms with van der Waals surface area (Å²) in [6.45, 7) is 0.0601. The molecule has 0 unspecified atom stereocenters. The molecule has 0 heterocycles. The number of rotatable bonds is 5. The molecule has 0 atom stereocenters. The first-order valence-corrected chi connectivity index (χ1v) is 8.31.